The molecule has 20 nitrogen and oxygen atoms in total. The number of aryl methyl sites for hydroxylation is 1. The fourth-order valence-electron chi connectivity index (χ4n) is 6.40. The highest BCUT2D eigenvalue weighted by atomic mass is 16.6. The number of phenolic OH excluding ortho intramolecular Hbond substituents is 1. The van der Waals surface area contributed by atoms with Crippen molar-refractivity contribution >= 4 is 45.5 Å². The van der Waals surface area contributed by atoms with Gasteiger partial charge in [-0.3, -0.25) is 14.4 Å². The summed E-state index contributed by atoms with van der Waals surface area (Å²) in [4.78, 5) is 48.3. The Morgan fingerprint density at radius 1 is 0.697 bits per heavy atom. The van der Waals surface area contributed by atoms with Crippen molar-refractivity contribution in [3.63, 3.8) is 0 Å². The first-order chi connectivity index (χ1) is 32.3. The maximum absolute atomic E-state index is 12.3. The third kappa shape index (κ3) is 18.0. The van der Waals surface area contributed by atoms with E-state index in [0.717, 1.165) is 29.4 Å². The SMILES string of the molecule is C#Cc1cccc(C(=O)NCCOCCOCCOCCC(=O)NCCOCCOCCOCCOCCC(=O)NCCCCn2nc(-c3cc4cc(O)ccc4[nH]3)c3c(N)ncnc32)c1. The Bertz CT molecular complexity index is 2300. The molecule has 3 heterocycles. The summed E-state index contributed by atoms with van der Waals surface area (Å²) in [7, 11) is 0. The van der Waals surface area contributed by atoms with Gasteiger partial charge < -0.3 is 64.9 Å². The molecule has 0 saturated heterocycles. The van der Waals surface area contributed by atoms with Crippen LogP contribution < -0.4 is 21.7 Å². The van der Waals surface area contributed by atoms with E-state index >= 15 is 0 Å². The molecular weight excluding hydrogens is 855 g/mol. The Balaban J connectivity index is 0.742. The van der Waals surface area contributed by atoms with E-state index in [-0.39, 0.29) is 42.9 Å². The van der Waals surface area contributed by atoms with Crippen molar-refractivity contribution < 1.29 is 52.6 Å². The van der Waals surface area contributed by atoms with Gasteiger partial charge in [0.25, 0.3) is 5.91 Å². The third-order valence-electron chi connectivity index (χ3n) is 9.74. The fourth-order valence-corrected chi connectivity index (χ4v) is 6.40. The number of ether oxygens (including phenoxy) is 7. The Labute approximate surface area is 383 Å². The number of unbranched alkanes of at least 4 members (excludes halogenated alkanes) is 1. The van der Waals surface area contributed by atoms with Gasteiger partial charge in [-0.25, -0.2) is 14.6 Å². The number of amides is 3. The molecule has 20 heteroatoms. The minimum absolute atomic E-state index is 0.0862. The molecule has 0 spiro atoms. The van der Waals surface area contributed by atoms with Crippen molar-refractivity contribution in [3.8, 4) is 29.5 Å². The molecular formula is C46H61N9O11. The average molecular weight is 916 g/mol. The fraction of sp³-hybridized carbons (Fsp3) is 0.478. The number of aromatic amines is 1. The molecule has 0 saturated carbocycles. The van der Waals surface area contributed by atoms with Crippen LogP contribution in [0.25, 0.3) is 33.3 Å². The van der Waals surface area contributed by atoms with Crippen LogP contribution in [-0.4, -0.2) is 160 Å². The van der Waals surface area contributed by atoms with Gasteiger partial charge in [-0.05, 0) is 55.3 Å². The van der Waals surface area contributed by atoms with Gasteiger partial charge in [0.05, 0.1) is 104 Å². The number of aromatic nitrogens is 5. The lowest BCUT2D eigenvalue weighted by molar-refractivity contribution is -0.123. The first-order valence-corrected chi connectivity index (χ1v) is 22.0. The molecule has 356 valence electrons. The molecule has 2 aromatic carbocycles. The van der Waals surface area contributed by atoms with E-state index in [1.54, 1.807) is 47.1 Å². The van der Waals surface area contributed by atoms with Gasteiger partial charge in [-0.2, -0.15) is 5.10 Å². The summed E-state index contributed by atoms with van der Waals surface area (Å²) in [5.41, 5.74) is 10.3. The number of carbonyl (C=O) groups is 3. The number of nitrogens with two attached hydrogens (primary N) is 1. The Morgan fingerprint density at radius 3 is 1.92 bits per heavy atom. The van der Waals surface area contributed by atoms with Crippen LogP contribution in [0.15, 0.2) is 54.9 Å². The van der Waals surface area contributed by atoms with Gasteiger partial charge in [0, 0.05) is 61.1 Å². The van der Waals surface area contributed by atoms with Crippen LogP contribution in [0.2, 0.25) is 0 Å². The maximum Gasteiger partial charge on any atom is 0.251 e. The molecule has 0 radical (unpaired) electrons. The highest BCUT2D eigenvalue weighted by molar-refractivity contribution is 6.00. The van der Waals surface area contributed by atoms with E-state index in [0.29, 0.717) is 146 Å². The second-order valence-electron chi connectivity index (χ2n) is 14.7. The van der Waals surface area contributed by atoms with Gasteiger partial charge >= 0.3 is 0 Å². The van der Waals surface area contributed by atoms with E-state index in [1.807, 2.05) is 6.07 Å². The molecule has 7 N–H and O–H groups in total. The number of hydrogen-bond acceptors (Lipinski definition) is 15. The van der Waals surface area contributed by atoms with E-state index < -0.39 is 0 Å². The number of benzene rings is 2. The smallest absolute Gasteiger partial charge is 0.251 e. The van der Waals surface area contributed by atoms with Crippen molar-refractivity contribution in [1.29, 1.82) is 0 Å². The highest BCUT2D eigenvalue weighted by Gasteiger charge is 2.19. The zero-order valence-electron chi connectivity index (χ0n) is 37.2. The molecule has 66 heavy (non-hydrogen) atoms. The summed E-state index contributed by atoms with van der Waals surface area (Å²) >= 11 is 0. The number of carbonyl (C=O) groups excluding carboxylic acids is 3. The molecule has 0 aliphatic carbocycles. The Kier molecular flexibility index (Phi) is 22.6. The van der Waals surface area contributed by atoms with Crippen LogP contribution in [0, 0.1) is 12.3 Å². The number of aromatic hydroxyl groups is 1. The van der Waals surface area contributed by atoms with Crippen molar-refractivity contribution in [2.45, 2.75) is 32.2 Å². The molecule has 5 aromatic rings. The number of anilines is 1. The lowest BCUT2D eigenvalue weighted by Crippen LogP contribution is -2.28. The molecule has 0 unspecified atom stereocenters. The number of terminal acetylenes is 1. The molecule has 0 bridgehead atoms. The van der Waals surface area contributed by atoms with Gasteiger partial charge in [0.1, 0.15) is 23.6 Å². The van der Waals surface area contributed by atoms with Crippen LogP contribution in [-0.2, 0) is 49.3 Å². The largest absolute Gasteiger partial charge is 0.508 e. The van der Waals surface area contributed by atoms with E-state index in [4.69, 9.17) is 50.4 Å². The number of nitrogens with one attached hydrogen (secondary N) is 4. The van der Waals surface area contributed by atoms with Crippen molar-refractivity contribution in [1.82, 2.24) is 40.7 Å². The van der Waals surface area contributed by atoms with Gasteiger partial charge in [0.15, 0.2) is 5.65 Å². The molecule has 3 amide bonds. The third-order valence-corrected chi connectivity index (χ3v) is 9.74. The molecule has 0 atom stereocenters. The highest BCUT2D eigenvalue weighted by Crippen LogP contribution is 2.32. The number of fused-ring (bicyclic) bond motifs is 2. The lowest BCUT2D eigenvalue weighted by atomic mass is 10.1. The number of rotatable bonds is 34. The van der Waals surface area contributed by atoms with E-state index in [1.165, 1.54) is 6.33 Å². The normalized spacial score (nSPS) is 11.3. The predicted molar refractivity (Wildman–Crippen MR) is 246 cm³/mol. The molecule has 0 aliphatic rings. The average Bonchev–Trinajstić information content (AvgIpc) is 3.92. The van der Waals surface area contributed by atoms with Crippen LogP contribution >= 0.6 is 0 Å². The predicted octanol–water partition coefficient (Wildman–Crippen LogP) is 2.58. The van der Waals surface area contributed by atoms with E-state index in [9.17, 15) is 19.5 Å². The van der Waals surface area contributed by atoms with Crippen LogP contribution in [0.3, 0.4) is 0 Å². The summed E-state index contributed by atoms with van der Waals surface area (Å²) in [5, 5.41) is 24.7. The van der Waals surface area contributed by atoms with Crippen LogP contribution in [0.4, 0.5) is 5.82 Å². The molecule has 5 rings (SSSR count). The number of hydrogen-bond donors (Lipinski definition) is 6. The zero-order valence-corrected chi connectivity index (χ0v) is 37.2. The molecule has 3 aromatic heterocycles. The van der Waals surface area contributed by atoms with Gasteiger partial charge in [0.2, 0.25) is 11.8 Å². The summed E-state index contributed by atoms with van der Waals surface area (Å²) in [6.45, 7) is 7.00. The molecule has 0 aliphatic heterocycles. The minimum Gasteiger partial charge on any atom is -0.508 e. The van der Waals surface area contributed by atoms with Crippen LogP contribution in [0.5, 0.6) is 5.75 Å². The Hall–Kier alpha value is -6.18. The van der Waals surface area contributed by atoms with Crippen molar-refractivity contribution in [2.75, 3.05) is 118 Å². The summed E-state index contributed by atoms with van der Waals surface area (Å²) in [6.07, 6.45) is 8.76. The first-order valence-electron chi connectivity index (χ1n) is 22.0. The lowest BCUT2D eigenvalue weighted by Gasteiger charge is -2.09. The quantitative estimate of drug-likeness (QED) is 0.0256. The number of nitrogens with zero attached hydrogens (tertiary/aromatic N) is 4. The summed E-state index contributed by atoms with van der Waals surface area (Å²) < 4.78 is 40.2. The monoisotopic (exact) mass is 915 g/mol. The Morgan fingerprint density at radius 2 is 1.29 bits per heavy atom. The second kappa shape index (κ2) is 29.4. The van der Waals surface area contributed by atoms with Gasteiger partial charge in [-0.15, -0.1) is 6.42 Å². The topological polar surface area (TPSA) is 258 Å². The van der Waals surface area contributed by atoms with E-state index in [2.05, 4.69) is 36.8 Å². The summed E-state index contributed by atoms with van der Waals surface area (Å²) in [6, 6.07) is 13.9. The van der Waals surface area contributed by atoms with Crippen molar-refractivity contribution in [2.24, 2.45) is 0 Å². The maximum atomic E-state index is 12.3. The second-order valence-corrected chi connectivity index (χ2v) is 14.7. The first kappa shape index (κ1) is 50.8. The number of phenols is 1. The number of nitrogen functional groups attached to an aromatic ring is 1. The number of H-pyrrole nitrogens is 1. The minimum atomic E-state index is -0.209. The summed E-state index contributed by atoms with van der Waals surface area (Å²) in [5.74, 6) is 2.59. The standard InChI is InChI=1S/C46H61N9O11/c1-2-34-6-5-7-35(30-34)46(59)50-14-19-63-23-27-64-24-20-61-17-11-41(58)49-13-18-62-22-26-66-29-28-65-25-21-60-16-10-40(57)48-12-3-4-15-55-45-42(44(47)51-33-52-45)43(54-55)39-32-36-31-37(56)8-9-38(36)53-39/h1,5-9,30-33,53,56H,3-4,10-29H2,(H,48,57)(H,49,58)(H,50,59)(H2,47,51,52). The van der Waals surface area contributed by atoms with Crippen LogP contribution in [0.1, 0.15) is 41.6 Å². The van der Waals surface area contributed by atoms with Crippen molar-refractivity contribution in [3.05, 3.63) is 66.0 Å². The molecule has 0 fully saturated rings. The zero-order chi connectivity index (χ0) is 46.6. The van der Waals surface area contributed by atoms with Gasteiger partial charge in [-0.1, -0.05) is 12.0 Å².